The van der Waals surface area contributed by atoms with E-state index in [0.717, 1.165) is 38.9 Å². The van der Waals surface area contributed by atoms with Crippen LogP contribution < -0.4 is 15.1 Å². The Labute approximate surface area is 289 Å². The summed E-state index contributed by atoms with van der Waals surface area (Å²) in [6, 6.07) is 20.9. The Morgan fingerprint density at radius 3 is 2.58 bits per heavy atom. The number of amides is 2. The third-order valence-electron chi connectivity index (χ3n) is 9.54. The number of aromatic hydroxyl groups is 1. The lowest BCUT2D eigenvalue weighted by Crippen LogP contribution is -2.46. The molecule has 0 bridgehead atoms. The van der Waals surface area contributed by atoms with Crippen molar-refractivity contribution in [1.29, 1.82) is 0 Å². The van der Waals surface area contributed by atoms with Crippen molar-refractivity contribution in [2.75, 3.05) is 11.5 Å². The molecule has 2 fully saturated rings. The lowest BCUT2D eigenvalue weighted by molar-refractivity contribution is -0.122. The fourth-order valence-electron chi connectivity index (χ4n) is 7.43. The third-order valence-corrected chi connectivity index (χ3v) is 10.0. The highest BCUT2D eigenvalue weighted by atomic mass is 79.9. The summed E-state index contributed by atoms with van der Waals surface area (Å²) in [6.45, 7) is 2.30. The van der Waals surface area contributed by atoms with Crippen LogP contribution in [0.1, 0.15) is 44.6 Å². The number of carbonyl (C=O) groups is 2. The number of rotatable bonds is 11. The molecular weight excluding hydrogens is 676 g/mol. The zero-order valence-electron chi connectivity index (χ0n) is 26.7. The van der Waals surface area contributed by atoms with Crippen molar-refractivity contribution >= 4 is 59.2 Å². The first kappa shape index (κ1) is 34.2. The molecule has 0 radical (unpaired) electrons. The van der Waals surface area contributed by atoms with E-state index in [9.17, 15) is 29.8 Å². The molecule has 1 aliphatic carbocycles. The van der Waals surface area contributed by atoms with Gasteiger partial charge in [-0.1, -0.05) is 71.3 Å². The summed E-state index contributed by atoms with van der Waals surface area (Å²) in [7, 11) is -2.88. The number of phenols is 1. The van der Waals surface area contributed by atoms with Crippen molar-refractivity contribution in [2.45, 2.75) is 51.5 Å². The number of fused-ring (bicyclic) bond motifs is 3. The van der Waals surface area contributed by atoms with Crippen molar-refractivity contribution < 1.29 is 39.2 Å². The minimum atomic E-state index is -1.75. The third kappa shape index (κ3) is 7.18. The van der Waals surface area contributed by atoms with Crippen LogP contribution in [0.4, 0.5) is 5.69 Å². The van der Waals surface area contributed by atoms with E-state index in [1.165, 1.54) is 12.1 Å². The predicted octanol–water partition coefficient (Wildman–Crippen LogP) is 4.88. The van der Waals surface area contributed by atoms with Crippen LogP contribution in [0.5, 0.6) is 11.5 Å². The summed E-state index contributed by atoms with van der Waals surface area (Å²) >= 11 is 3.49. The van der Waals surface area contributed by atoms with E-state index < -0.39 is 38.1 Å². The van der Waals surface area contributed by atoms with Gasteiger partial charge in [0, 0.05) is 10.0 Å². The first-order chi connectivity index (χ1) is 23.1. The van der Waals surface area contributed by atoms with Gasteiger partial charge in [0.25, 0.3) is 0 Å². The lowest BCUT2D eigenvalue weighted by atomic mass is 9.58. The minimum absolute atomic E-state index is 0.160. The van der Waals surface area contributed by atoms with E-state index in [-0.39, 0.29) is 41.6 Å². The molecule has 2 saturated heterocycles. The van der Waals surface area contributed by atoms with Gasteiger partial charge in [-0.3, -0.25) is 14.5 Å². The second kappa shape index (κ2) is 14.8. The van der Waals surface area contributed by atoms with Gasteiger partial charge in [-0.05, 0) is 97.0 Å². The maximum Gasteiger partial charge on any atom is 0.488 e. The maximum absolute atomic E-state index is 14.2. The van der Waals surface area contributed by atoms with Gasteiger partial charge in [0.05, 0.1) is 23.6 Å². The summed E-state index contributed by atoms with van der Waals surface area (Å²) in [4.78, 5) is 29.3. The zero-order valence-corrected chi connectivity index (χ0v) is 28.3. The maximum atomic E-state index is 14.2. The molecule has 48 heavy (non-hydrogen) atoms. The second-order valence-electron chi connectivity index (χ2n) is 12.7. The van der Waals surface area contributed by atoms with Gasteiger partial charge in [0.1, 0.15) is 18.1 Å². The quantitative estimate of drug-likeness (QED) is 0.126. The van der Waals surface area contributed by atoms with Gasteiger partial charge < -0.3 is 29.6 Å². The predicted molar refractivity (Wildman–Crippen MR) is 188 cm³/mol. The van der Waals surface area contributed by atoms with Gasteiger partial charge in [0.2, 0.25) is 11.8 Å². The summed E-state index contributed by atoms with van der Waals surface area (Å²) in [5.41, 5.74) is 4.07. The monoisotopic (exact) mass is 713 g/mol. The highest BCUT2D eigenvalue weighted by Crippen LogP contribution is 2.51. The number of para-hydroxylation sites is 1. The molecule has 6 rings (SSSR count). The van der Waals surface area contributed by atoms with Crippen LogP contribution >= 0.6 is 15.9 Å². The molecule has 3 aromatic carbocycles. The Balaban J connectivity index is 1.34. The van der Waals surface area contributed by atoms with Crippen molar-refractivity contribution in [3.63, 3.8) is 0 Å². The summed E-state index contributed by atoms with van der Waals surface area (Å²) in [5.74, 6) is -1.69. The number of hydrogen-bond acceptors (Lipinski definition) is 8. The molecular formula is C36H38B2BrNO8. The largest absolute Gasteiger partial charge is 0.507 e. The fourth-order valence-corrected chi connectivity index (χ4v) is 7.81. The molecule has 2 amide bonds. The first-order valence-electron chi connectivity index (χ1n) is 16.4. The number of carbonyl (C=O) groups excluding carboxylic acids is 2. The van der Waals surface area contributed by atoms with Gasteiger partial charge in [-0.25, -0.2) is 0 Å². The Hall–Kier alpha value is -3.67. The smallest absolute Gasteiger partial charge is 0.488 e. The first-order valence-corrected chi connectivity index (χ1v) is 17.2. The van der Waals surface area contributed by atoms with Crippen LogP contribution in [0, 0.1) is 17.8 Å². The van der Waals surface area contributed by atoms with Crippen LogP contribution in [0.2, 0.25) is 6.32 Å². The Bertz CT molecular complexity index is 1730. The number of halogens is 1. The molecule has 248 valence electrons. The molecule has 0 aromatic heterocycles. The van der Waals surface area contributed by atoms with Crippen molar-refractivity contribution in [3.8, 4) is 11.5 Å². The number of anilines is 1. The Morgan fingerprint density at radius 2 is 1.83 bits per heavy atom. The number of phenolic OH excluding ortho intramolecular Hbond substituents is 1. The lowest BCUT2D eigenvalue weighted by Gasteiger charge is -2.43. The van der Waals surface area contributed by atoms with Gasteiger partial charge in [-0.15, -0.1) is 0 Å². The number of imide groups is 1. The number of ether oxygens (including phenoxy) is 1. The average molecular weight is 714 g/mol. The SMILES string of the molecule is CCC/C(=C\c1cc(Br)ccc1O)CC[C@H]1OB(O)C[C@H]2C1=C(COc1ccccc1)C[C@H]1C(=O)N(c3cccc(B(O)O)c3)C(=O)[C@H]12. The molecule has 2 heterocycles. The molecule has 4 atom stereocenters. The summed E-state index contributed by atoms with van der Waals surface area (Å²) in [6.07, 6.45) is 4.81. The molecule has 3 aliphatic rings. The fraction of sp³-hybridized carbons (Fsp3) is 0.333. The van der Waals surface area contributed by atoms with E-state index >= 15 is 0 Å². The highest BCUT2D eigenvalue weighted by molar-refractivity contribution is 9.10. The van der Waals surface area contributed by atoms with Crippen LogP contribution in [-0.2, 0) is 14.2 Å². The van der Waals surface area contributed by atoms with Gasteiger partial charge in [0.15, 0.2) is 0 Å². The van der Waals surface area contributed by atoms with Crippen molar-refractivity contribution in [1.82, 2.24) is 0 Å². The topological polar surface area (TPSA) is 137 Å². The Kier molecular flexibility index (Phi) is 10.6. The van der Waals surface area contributed by atoms with E-state index in [1.54, 1.807) is 24.3 Å². The number of nitrogens with zero attached hydrogens (tertiary/aromatic N) is 1. The normalized spacial score (nSPS) is 22.6. The van der Waals surface area contributed by atoms with Crippen LogP contribution in [0.3, 0.4) is 0 Å². The Morgan fingerprint density at radius 1 is 1.04 bits per heavy atom. The van der Waals surface area contributed by atoms with Crippen LogP contribution in [-0.4, -0.2) is 58.9 Å². The number of hydrogen-bond donors (Lipinski definition) is 4. The van der Waals surface area contributed by atoms with E-state index in [4.69, 9.17) is 9.39 Å². The molecule has 0 spiro atoms. The minimum Gasteiger partial charge on any atom is -0.507 e. The molecule has 3 aromatic rings. The molecule has 9 nitrogen and oxygen atoms in total. The molecule has 0 saturated carbocycles. The van der Waals surface area contributed by atoms with Crippen molar-refractivity contribution in [3.05, 3.63) is 99.6 Å². The molecule has 12 heteroatoms. The highest BCUT2D eigenvalue weighted by Gasteiger charge is 2.57. The standard InChI is InChI=1S/C36H38B2BrNO8/c1-2-7-22(16-23-17-26(39)13-14-31(23)41)12-15-32-33-24(21-47-28-10-4-3-5-11-28)18-29-34(30(33)20-37(44)48-32)36(43)40(35(29)42)27-9-6-8-25(19-27)38(45)46/h3-6,8-11,13-14,16-17,19,29-30,32,34,41,44-46H,2,7,12,15,18,20-21H2,1H3/b22-16+/t29-,30+,32-,34-/m1/s1. The molecule has 2 aliphatic heterocycles. The number of allylic oxidation sites excluding steroid dienone is 1. The summed E-state index contributed by atoms with van der Waals surface area (Å²) < 4.78 is 13.3. The van der Waals surface area contributed by atoms with Crippen LogP contribution in [0.25, 0.3) is 6.08 Å². The molecule has 0 unspecified atom stereocenters. The number of benzene rings is 3. The molecule has 4 N–H and O–H groups in total. The van der Waals surface area contributed by atoms with Gasteiger partial charge in [-0.2, -0.15) is 0 Å². The second-order valence-corrected chi connectivity index (χ2v) is 13.6. The van der Waals surface area contributed by atoms with Crippen LogP contribution in [0.15, 0.2) is 94.0 Å². The summed E-state index contributed by atoms with van der Waals surface area (Å²) in [5, 5.41) is 41.0. The van der Waals surface area contributed by atoms with E-state index in [0.29, 0.717) is 30.6 Å². The van der Waals surface area contributed by atoms with E-state index in [2.05, 4.69) is 22.9 Å². The van der Waals surface area contributed by atoms with E-state index in [1.807, 2.05) is 42.5 Å². The van der Waals surface area contributed by atoms with Crippen molar-refractivity contribution in [2.24, 2.45) is 17.8 Å². The zero-order chi connectivity index (χ0) is 33.9. The van der Waals surface area contributed by atoms with Gasteiger partial charge >= 0.3 is 14.2 Å². The average Bonchev–Trinajstić information content (AvgIpc) is 3.33.